The number of carbonyl (C=O) groups excluding carboxylic acids is 1. The average molecular weight is 431 g/mol. The number of hydrogen-bond acceptors (Lipinski definition) is 9. The van der Waals surface area contributed by atoms with Gasteiger partial charge in [-0.15, -0.1) is 10.2 Å². The zero-order valence-electron chi connectivity index (χ0n) is 15.6. The number of anilines is 1. The number of aromatic amines is 1. The van der Waals surface area contributed by atoms with E-state index in [1.54, 1.807) is 7.11 Å². The minimum Gasteiger partial charge on any atom is -0.393 e. The number of nitrogens with one attached hydrogen (secondary N) is 2. The summed E-state index contributed by atoms with van der Waals surface area (Å²) in [6, 6.07) is -0.196. The molecule has 1 aliphatic rings. The SMILES string of the molecule is CCc1[nH]c(C(=O)N[C@@H]2CCN(c3nnc([C@H](O)CO)s3)C[C@@H]2OC)nc1Cl. The highest BCUT2D eigenvalue weighted by atomic mass is 35.5. The molecule has 3 heterocycles. The molecule has 28 heavy (non-hydrogen) atoms. The number of hydrogen-bond donors (Lipinski definition) is 4. The number of methoxy groups -OCH3 is 1. The molecule has 12 heteroatoms. The van der Waals surface area contributed by atoms with Crippen LogP contribution in [0, 0.1) is 0 Å². The molecule has 154 valence electrons. The van der Waals surface area contributed by atoms with Crippen molar-refractivity contribution in [1.29, 1.82) is 0 Å². The normalized spacial score (nSPS) is 21.0. The van der Waals surface area contributed by atoms with Gasteiger partial charge in [0.2, 0.25) is 5.13 Å². The van der Waals surface area contributed by atoms with Crippen LogP contribution in [0.4, 0.5) is 5.13 Å². The van der Waals surface area contributed by atoms with Crippen LogP contribution in [0.3, 0.4) is 0 Å². The second kappa shape index (κ2) is 9.14. The Morgan fingerprint density at radius 3 is 2.96 bits per heavy atom. The molecule has 2 aromatic rings. The van der Waals surface area contributed by atoms with Crippen molar-refractivity contribution >= 4 is 34.0 Å². The Kier molecular flexibility index (Phi) is 6.83. The Hall–Kier alpha value is -1.79. The molecule has 0 unspecified atom stereocenters. The molecule has 10 nitrogen and oxygen atoms in total. The van der Waals surface area contributed by atoms with Crippen molar-refractivity contribution in [2.45, 2.75) is 38.0 Å². The first-order valence-corrected chi connectivity index (χ1v) is 10.1. The minimum absolute atomic E-state index is 0.186. The summed E-state index contributed by atoms with van der Waals surface area (Å²) in [5.74, 6) is -0.141. The standard InChI is InChI=1S/C16H23ClN6O4S/c1-3-8-12(17)20-13(18-8)14(26)19-9-4-5-23(6-11(9)27-2)16-22-21-15(28-16)10(25)7-24/h9-11,24-25H,3-7H2,1-2H3,(H,18,20)(H,19,26)/t9-,10-,11+/m1/s1. The van der Waals surface area contributed by atoms with Crippen molar-refractivity contribution in [3.63, 3.8) is 0 Å². The van der Waals surface area contributed by atoms with E-state index in [4.69, 9.17) is 21.4 Å². The first-order chi connectivity index (χ1) is 13.5. The fourth-order valence-corrected chi connectivity index (χ4v) is 4.15. The van der Waals surface area contributed by atoms with Crippen LogP contribution in [-0.2, 0) is 11.2 Å². The largest absolute Gasteiger partial charge is 0.393 e. The van der Waals surface area contributed by atoms with E-state index in [1.807, 2.05) is 11.8 Å². The number of rotatable bonds is 7. The van der Waals surface area contributed by atoms with Crippen LogP contribution >= 0.6 is 22.9 Å². The van der Waals surface area contributed by atoms with Crippen LogP contribution < -0.4 is 10.2 Å². The number of H-pyrrole nitrogens is 1. The van der Waals surface area contributed by atoms with Crippen molar-refractivity contribution < 1.29 is 19.7 Å². The summed E-state index contributed by atoms with van der Waals surface area (Å²) in [6.07, 6.45) is 0.00222. The third-order valence-corrected chi connectivity index (χ3v) is 6.03. The molecular formula is C16H23ClN6O4S. The lowest BCUT2D eigenvalue weighted by atomic mass is 10.0. The first-order valence-electron chi connectivity index (χ1n) is 8.92. The van der Waals surface area contributed by atoms with E-state index in [9.17, 15) is 9.90 Å². The fraction of sp³-hybridized carbons (Fsp3) is 0.625. The van der Waals surface area contributed by atoms with E-state index in [0.29, 0.717) is 41.2 Å². The van der Waals surface area contributed by atoms with Gasteiger partial charge in [0.25, 0.3) is 5.91 Å². The second-order valence-corrected chi connectivity index (χ2v) is 7.76. The maximum absolute atomic E-state index is 12.5. The molecule has 1 aliphatic heterocycles. The summed E-state index contributed by atoms with van der Waals surface area (Å²) in [5.41, 5.74) is 0.724. The molecule has 0 radical (unpaired) electrons. The summed E-state index contributed by atoms with van der Waals surface area (Å²) in [4.78, 5) is 21.5. The van der Waals surface area contributed by atoms with Crippen molar-refractivity contribution in [2.24, 2.45) is 0 Å². The monoisotopic (exact) mass is 430 g/mol. The topological polar surface area (TPSA) is 136 Å². The third kappa shape index (κ3) is 4.44. The number of aliphatic hydroxyl groups is 2. The summed E-state index contributed by atoms with van der Waals surface area (Å²) in [7, 11) is 1.59. The Morgan fingerprint density at radius 1 is 1.54 bits per heavy atom. The van der Waals surface area contributed by atoms with E-state index in [2.05, 4.69) is 25.5 Å². The maximum atomic E-state index is 12.5. The summed E-state index contributed by atoms with van der Waals surface area (Å²) in [5, 5.41) is 31.0. The van der Waals surface area contributed by atoms with Crippen molar-refractivity contribution in [3.05, 3.63) is 21.7 Å². The van der Waals surface area contributed by atoms with Gasteiger partial charge in [0, 0.05) is 20.2 Å². The number of carbonyl (C=O) groups is 1. The Bertz CT molecular complexity index is 815. The lowest BCUT2D eigenvalue weighted by Gasteiger charge is -2.37. The van der Waals surface area contributed by atoms with E-state index in [0.717, 1.165) is 5.69 Å². The maximum Gasteiger partial charge on any atom is 0.287 e. The first kappa shape index (κ1) is 20.9. The van der Waals surface area contributed by atoms with Crippen molar-refractivity contribution in [2.75, 3.05) is 31.7 Å². The number of halogens is 1. The van der Waals surface area contributed by atoms with Crippen molar-refractivity contribution in [1.82, 2.24) is 25.5 Å². The van der Waals surface area contributed by atoms with Crippen LogP contribution in [0.25, 0.3) is 0 Å². The number of amides is 1. The van der Waals surface area contributed by atoms with Gasteiger partial charge in [0.05, 0.1) is 24.4 Å². The number of ether oxygens (including phenoxy) is 1. The van der Waals surface area contributed by atoms with Gasteiger partial charge < -0.3 is 30.2 Å². The van der Waals surface area contributed by atoms with E-state index in [-0.39, 0.29) is 23.9 Å². The number of aromatic nitrogens is 4. The lowest BCUT2D eigenvalue weighted by Crippen LogP contribution is -2.55. The highest BCUT2D eigenvalue weighted by Crippen LogP contribution is 2.28. The van der Waals surface area contributed by atoms with Gasteiger partial charge in [0.15, 0.2) is 11.0 Å². The summed E-state index contributed by atoms with van der Waals surface area (Å²) >= 11 is 7.24. The number of aryl methyl sites for hydroxylation is 1. The van der Waals surface area contributed by atoms with Crippen LogP contribution in [0.2, 0.25) is 5.15 Å². The van der Waals surface area contributed by atoms with Gasteiger partial charge in [-0.05, 0) is 12.8 Å². The van der Waals surface area contributed by atoms with Gasteiger partial charge in [0.1, 0.15) is 11.1 Å². The number of aliphatic hydroxyl groups excluding tert-OH is 2. The van der Waals surface area contributed by atoms with Gasteiger partial charge in [-0.2, -0.15) is 0 Å². The quantitative estimate of drug-likeness (QED) is 0.499. The minimum atomic E-state index is -1.03. The molecule has 1 amide bonds. The van der Waals surface area contributed by atoms with E-state index < -0.39 is 12.7 Å². The lowest BCUT2D eigenvalue weighted by molar-refractivity contribution is 0.0538. The molecule has 0 saturated carbocycles. The molecule has 0 aromatic carbocycles. The zero-order valence-corrected chi connectivity index (χ0v) is 17.1. The predicted molar refractivity (Wildman–Crippen MR) is 104 cm³/mol. The number of nitrogens with zero attached hydrogens (tertiary/aromatic N) is 4. The van der Waals surface area contributed by atoms with Crippen LogP contribution in [0.5, 0.6) is 0 Å². The van der Waals surface area contributed by atoms with E-state index >= 15 is 0 Å². The highest BCUT2D eigenvalue weighted by Gasteiger charge is 2.33. The molecule has 1 fully saturated rings. The molecule has 3 atom stereocenters. The predicted octanol–water partition coefficient (Wildman–Crippen LogP) is 0.526. The third-order valence-electron chi connectivity index (χ3n) is 4.63. The summed E-state index contributed by atoms with van der Waals surface area (Å²) < 4.78 is 5.57. The smallest absolute Gasteiger partial charge is 0.287 e. The van der Waals surface area contributed by atoms with Gasteiger partial charge in [-0.3, -0.25) is 4.79 Å². The van der Waals surface area contributed by atoms with Crippen LogP contribution in [0.15, 0.2) is 0 Å². The van der Waals surface area contributed by atoms with Gasteiger partial charge in [-0.25, -0.2) is 4.98 Å². The second-order valence-electron chi connectivity index (χ2n) is 6.42. The highest BCUT2D eigenvalue weighted by molar-refractivity contribution is 7.15. The fourth-order valence-electron chi connectivity index (χ4n) is 3.03. The zero-order chi connectivity index (χ0) is 20.3. The number of imidazole rings is 1. The molecular weight excluding hydrogens is 408 g/mol. The average Bonchev–Trinajstić information content (AvgIpc) is 3.34. The molecule has 0 spiro atoms. The number of piperidine rings is 1. The Labute approximate surface area is 170 Å². The molecule has 2 aromatic heterocycles. The van der Waals surface area contributed by atoms with Gasteiger partial charge in [-0.1, -0.05) is 29.9 Å². The molecule has 3 rings (SSSR count). The van der Waals surface area contributed by atoms with Crippen LogP contribution in [-0.4, -0.2) is 75.2 Å². The van der Waals surface area contributed by atoms with Gasteiger partial charge >= 0.3 is 0 Å². The Balaban J connectivity index is 1.64. The van der Waals surface area contributed by atoms with E-state index in [1.165, 1.54) is 11.3 Å². The molecule has 4 N–H and O–H groups in total. The Morgan fingerprint density at radius 2 is 2.32 bits per heavy atom. The molecule has 0 aliphatic carbocycles. The van der Waals surface area contributed by atoms with Crippen molar-refractivity contribution in [3.8, 4) is 0 Å². The molecule has 0 bridgehead atoms. The summed E-state index contributed by atoms with van der Waals surface area (Å²) in [6.45, 7) is 2.66. The molecule has 1 saturated heterocycles. The van der Waals surface area contributed by atoms with Crippen LogP contribution in [0.1, 0.15) is 40.8 Å².